The van der Waals surface area contributed by atoms with Crippen LogP contribution in [0.2, 0.25) is 0 Å². The Morgan fingerprint density at radius 1 is 1.00 bits per heavy atom. The monoisotopic (exact) mass is 307 g/mol. The lowest BCUT2D eigenvalue weighted by atomic mass is 10.1. The van der Waals surface area contributed by atoms with Crippen molar-refractivity contribution in [2.24, 2.45) is 5.10 Å². The molecule has 2 aromatic carbocycles. The zero-order valence-electron chi connectivity index (χ0n) is 12.6. The Morgan fingerprint density at radius 2 is 1.73 bits per heavy atom. The number of benzene rings is 2. The molecule has 0 aliphatic heterocycles. The molecule has 110 valence electrons. The first-order valence-corrected chi connectivity index (χ1v) is 7.98. The number of anilines is 1. The first-order valence-electron chi connectivity index (χ1n) is 7.10. The smallest absolute Gasteiger partial charge is 0.203 e. The van der Waals surface area contributed by atoms with Gasteiger partial charge in [-0.3, -0.25) is 5.43 Å². The topological polar surface area (TPSA) is 37.3 Å². The maximum absolute atomic E-state index is 4.59. The van der Waals surface area contributed by atoms with Crippen LogP contribution < -0.4 is 5.43 Å². The van der Waals surface area contributed by atoms with E-state index in [9.17, 15) is 0 Å². The molecule has 3 rings (SSSR count). The minimum absolute atomic E-state index is 0.795. The summed E-state index contributed by atoms with van der Waals surface area (Å²) in [6.07, 6.45) is 1.82. The summed E-state index contributed by atoms with van der Waals surface area (Å²) in [4.78, 5) is 4.59. The summed E-state index contributed by atoms with van der Waals surface area (Å²) < 4.78 is 0. The van der Waals surface area contributed by atoms with Crippen LogP contribution in [0, 0.1) is 13.8 Å². The quantitative estimate of drug-likeness (QED) is 0.551. The van der Waals surface area contributed by atoms with Crippen molar-refractivity contribution in [1.29, 1.82) is 0 Å². The van der Waals surface area contributed by atoms with E-state index in [4.69, 9.17) is 0 Å². The van der Waals surface area contributed by atoms with Gasteiger partial charge in [-0.25, -0.2) is 4.98 Å². The second kappa shape index (κ2) is 6.54. The second-order valence-corrected chi connectivity index (χ2v) is 5.94. The summed E-state index contributed by atoms with van der Waals surface area (Å²) >= 11 is 1.56. The predicted octanol–water partition coefficient (Wildman–Crippen LogP) is 4.87. The largest absolute Gasteiger partial charge is 0.253 e. The lowest BCUT2D eigenvalue weighted by Crippen LogP contribution is -1.92. The van der Waals surface area contributed by atoms with Crippen LogP contribution in [0.3, 0.4) is 0 Å². The molecule has 1 N–H and O–H groups in total. The number of thiazole rings is 1. The van der Waals surface area contributed by atoms with Gasteiger partial charge in [0, 0.05) is 10.9 Å². The van der Waals surface area contributed by atoms with Crippen LogP contribution in [-0.4, -0.2) is 11.2 Å². The maximum Gasteiger partial charge on any atom is 0.203 e. The molecule has 0 aliphatic rings. The Morgan fingerprint density at radius 3 is 2.50 bits per heavy atom. The van der Waals surface area contributed by atoms with Gasteiger partial charge in [0.05, 0.1) is 11.9 Å². The molecule has 3 aromatic rings. The molecule has 3 nitrogen and oxygen atoms in total. The highest BCUT2D eigenvalue weighted by molar-refractivity contribution is 7.14. The van der Waals surface area contributed by atoms with Crippen LogP contribution >= 0.6 is 11.3 Å². The van der Waals surface area contributed by atoms with E-state index in [1.54, 1.807) is 11.3 Å². The number of hydrogen-bond donors (Lipinski definition) is 1. The zero-order valence-corrected chi connectivity index (χ0v) is 13.4. The van der Waals surface area contributed by atoms with Gasteiger partial charge >= 0.3 is 0 Å². The molecule has 0 amide bonds. The highest BCUT2D eigenvalue weighted by Crippen LogP contribution is 2.27. The normalized spacial score (nSPS) is 11.0. The molecule has 1 aromatic heterocycles. The van der Waals surface area contributed by atoms with Crippen LogP contribution in [0.25, 0.3) is 11.3 Å². The third-order valence-electron chi connectivity index (χ3n) is 3.48. The highest BCUT2D eigenvalue weighted by Gasteiger charge is 2.05. The Kier molecular flexibility index (Phi) is 4.30. The molecule has 0 bridgehead atoms. The minimum Gasteiger partial charge on any atom is -0.253 e. The molecule has 4 heteroatoms. The van der Waals surface area contributed by atoms with E-state index < -0.39 is 0 Å². The molecular weight excluding hydrogens is 290 g/mol. The molecule has 0 spiro atoms. The fourth-order valence-electron chi connectivity index (χ4n) is 2.20. The zero-order chi connectivity index (χ0) is 15.4. The van der Waals surface area contributed by atoms with Crippen LogP contribution in [-0.2, 0) is 0 Å². The van der Waals surface area contributed by atoms with Crippen molar-refractivity contribution in [2.75, 3.05) is 5.43 Å². The molecule has 0 aliphatic carbocycles. The number of aromatic nitrogens is 1. The van der Waals surface area contributed by atoms with Crippen molar-refractivity contribution in [3.8, 4) is 11.3 Å². The average Bonchev–Trinajstić information content (AvgIpc) is 2.98. The van der Waals surface area contributed by atoms with Crippen molar-refractivity contribution in [3.63, 3.8) is 0 Å². The Balaban J connectivity index is 1.73. The Bertz CT molecular complexity index is 805. The van der Waals surface area contributed by atoms with E-state index in [0.717, 1.165) is 22.0 Å². The van der Waals surface area contributed by atoms with Gasteiger partial charge < -0.3 is 0 Å². The number of aryl methyl sites for hydroxylation is 2. The van der Waals surface area contributed by atoms with Crippen molar-refractivity contribution in [2.45, 2.75) is 13.8 Å². The number of nitrogens with one attached hydrogen (secondary N) is 1. The van der Waals surface area contributed by atoms with Gasteiger partial charge in [0.2, 0.25) is 5.13 Å². The van der Waals surface area contributed by atoms with E-state index in [2.05, 4.69) is 47.6 Å². The fraction of sp³-hybridized carbons (Fsp3) is 0.111. The van der Waals surface area contributed by atoms with E-state index in [1.807, 2.05) is 41.9 Å². The van der Waals surface area contributed by atoms with Crippen molar-refractivity contribution < 1.29 is 0 Å². The molecule has 0 saturated heterocycles. The van der Waals surface area contributed by atoms with E-state index in [-0.39, 0.29) is 0 Å². The molecule has 1 heterocycles. The number of rotatable bonds is 4. The molecular formula is C18H17N3S. The predicted molar refractivity (Wildman–Crippen MR) is 94.7 cm³/mol. The third-order valence-corrected chi connectivity index (χ3v) is 4.22. The van der Waals surface area contributed by atoms with Gasteiger partial charge in [-0.05, 0) is 30.5 Å². The van der Waals surface area contributed by atoms with E-state index in [1.165, 1.54) is 11.1 Å². The van der Waals surface area contributed by atoms with Gasteiger partial charge in [-0.15, -0.1) is 11.3 Å². The van der Waals surface area contributed by atoms with Crippen molar-refractivity contribution >= 4 is 22.7 Å². The van der Waals surface area contributed by atoms with E-state index in [0.29, 0.717) is 0 Å². The number of hydrazone groups is 1. The number of nitrogens with zero attached hydrogens (tertiary/aromatic N) is 2. The van der Waals surface area contributed by atoms with Crippen molar-refractivity contribution in [3.05, 3.63) is 70.6 Å². The SMILES string of the molecule is Cc1ccccc1/C=N/Nc1nc(-c2ccccc2C)cs1. The minimum atomic E-state index is 0.795. The van der Waals surface area contributed by atoms with Crippen molar-refractivity contribution in [1.82, 2.24) is 4.98 Å². The summed E-state index contributed by atoms with van der Waals surface area (Å²) in [7, 11) is 0. The lowest BCUT2D eigenvalue weighted by molar-refractivity contribution is 1.28. The average molecular weight is 307 g/mol. The molecule has 0 radical (unpaired) electrons. The lowest BCUT2D eigenvalue weighted by Gasteiger charge is -2.00. The third kappa shape index (κ3) is 3.23. The first kappa shape index (κ1) is 14.5. The van der Waals surface area contributed by atoms with E-state index >= 15 is 0 Å². The van der Waals surface area contributed by atoms with Gasteiger partial charge in [0.25, 0.3) is 0 Å². The fourth-order valence-corrected chi connectivity index (χ4v) is 2.86. The van der Waals surface area contributed by atoms with Crippen LogP contribution in [0.1, 0.15) is 16.7 Å². The van der Waals surface area contributed by atoms with Gasteiger partial charge in [-0.1, -0.05) is 48.5 Å². The summed E-state index contributed by atoms with van der Waals surface area (Å²) in [5.41, 5.74) is 8.68. The summed E-state index contributed by atoms with van der Waals surface area (Å²) in [6.45, 7) is 4.17. The maximum atomic E-state index is 4.59. The summed E-state index contributed by atoms with van der Waals surface area (Å²) in [5, 5.41) is 7.12. The van der Waals surface area contributed by atoms with Gasteiger partial charge in [-0.2, -0.15) is 5.10 Å². The molecule has 0 atom stereocenters. The summed E-state index contributed by atoms with van der Waals surface area (Å²) in [6, 6.07) is 16.4. The standard InChI is InChI=1S/C18H17N3S/c1-13-7-3-5-9-15(13)11-19-21-18-20-17(12-22-18)16-10-6-4-8-14(16)2/h3-12H,1-2H3,(H,20,21)/b19-11+. The van der Waals surface area contributed by atoms with Crippen LogP contribution in [0.5, 0.6) is 0 Å². The van der Waals surface area contributed by atoms with Gasteiger partial charge in [0.1, 0.15) is 0 Å². The van der Waals surface area contributed by atoms with Crippen LogP contribution in [0.4, 0.5) is 5.13 Å². The van der Waals surface area contributed by atoms with Crippen LogP contribution in [0.15, 0.2) is 59.0 Å². The first-order chi connectivity index (χ1) is 10.7. The number of hydrogen-bond acceptors (Lipinski definition) is 4. The molecule has 0 fully saturated rings. The van der Waals surface area contributed by atoms with Gasteiger partial charge in [0.15, 0.2) is 0 Å². The Hall–Kier alpha value is -2.46. The molecule has 0 unspecified atom stereocenters. The molecule has 22 heavy (non-hydrogen) atoms. The highest BCUT2D eigenvalue weighted by atomic mass is 32.1. The Labute approximate surface area is 134 Å². The summed E-state index contributed by atoms with van der Waals surface area (Å²) in [5.74, 6) is 0. The second-order valence-electron chi connectivity index (χ2n) is 5.08. The molecule has 0 saturated carbocycles.